The average Bonchev–Trinajstić information content (AvgIpc) is 2.49. The van der Waals surface area contributed by atoms with Crippen LogP contribution in [0.15, 0.2) is 29.2 Å². The second kappa shape index (κ2) is 8.59. The summed E-state index contributed by atoms with van der Waals surface area (Å²) in [4.78, 5) is 13.5. The van der Waals surface area contributed by atoms with E-state index >= 15 is 0 Å². The molecule has 4 heteroatoms. The van der Waals surface area contributed by atoms with Gasteiger partial charge in [-0.1, -0.05) is 32.9 Å². The SMILES string of the molecule is CC(C)Sc1ccccc1NC(=O)CC(C)C1CCCNC1. The second-order valence-corrected chi connectivity index (χ2v) is 8.12. The quantitative estimate of drug-likeness (QED) is 0.774. The van der Waals surface area contributed by atoms with Crippen LogP contribution in [0, 0.1) is 11.8 Å². The molecule has 122 valence electrons. The van der Waals surface area contributed by atoms with Gasteiger partial charge >= 0.3 is 0 Å². The lowest BCUT2D eigenvalue weighted by Gasteiger charge is -2.28. The Morgan fingerprint density at radius 2 is 2.14 bits per heavy atom. The third-order valence-corrected chi connectivity index (χ3v) is 5.25. The third kappa shape index (κ3) is 5.33. The molecule has 0 bridgehead atoms. The van der Waals surface area contributed by atoms with Crippen molar-refractivity contribution in [1.82, 2.24) is 5.32 Å². The van der Waals surface area contributed by atoms with Gasteiger partial charge in [0.05, 0.1) is 5.69 Å². The van der Waals surface area contributed by atoms with E-state index in [9.17, 15) is 4.79 Å². The first-order chi connectivity index (χ1) is 10.6. The fourth-order valence-corrected chi connectivity index (χ4v) is 3.86. The summed E-state index contributed by atoms with van der Waals surface area (Å²) in [6.45, 7) is 8.71. The smallest absolute Gasteiger partial charge is 0.224 e. The highest BCUT2D eigenvalue weighted by molar-refractivity contribution is 8.00. The maximum absolute atomic E-state index is 12.4. The zero-order valence-electron chi connectivity index (χ0n) is 13.9. The Labute approximate surface area is 138 Å². The standard InChI is InChI=1S/C18H28N2OS/c1-13(2)22-17-9-5-4-8-16(17)20-18(21)11-14(3)15-7-6-10-19-12-15/h4-5,8-9,13-15,19H,6-7,10-12H2,1-3H3,(H,20,21). The predicted molar refractivity (Wildman–Crippen MR) is 95.4 cm³/mol. The molecule has 2 N–H and O–H groups in total. The number of carbonyl (C=O) groups is 1. The van der Waals surface area contributed by atoms with Crippen LogP contribution in [0.1, 0.15) is 40.0 Å². The largest absolute Gasteiger partial charge is 0.325 e. The number of benzene rings is 1. The number of hydrogen-bond donors (Lipinski definition) is 2. The number of para-hydroxylation sites is 1. The van der Waals surface area contributed by atoms with E-state index in [1.807, 2.05) is 18.2 Å². The van der Waals surface area contributed by atoms with E-state index in [0.29, 0.717) is 23.5 Å². The summed E-state index contributed by atoms with van der Waals surface area (Å²) in [5.74, 6) is 1.19. The Kier molecular flexibility index (Phi) is 6.77. The minimum Gasteiger partial charge on any atom is -0.325 e. The summed E-state index contributed by atoms with van der Waals surface area (Å²) >= 11 is 1.79. The molecular weight excluding hydrogens is 292 g/mol. The van der Waals surface area contributed by atoms with Crippen molar-refractivity contribution in [2.45, 2.75) is 50.2 Å². The van der Waals surface area contributed by atoms with Gasteiger partial charge in [-0.25, -0.2) is 0 Å². The molecule has 22 heavy (non-hydrogen) atoms. The lowest BCUT2D eigenvalue weighted by atomic mass is 9.85. The topological polar surface area (TPSA) is 41.1 Å². The molecule has 1 aromatic carbocycles. The predicted octanol–water partition coefficient (Wildman–Crippen LogP) is 4.15. The molecule has 1 amide bonds. The fraction of sp³-hybridized carbons (Fsp3) is 0.611. The van der Waals surface area contributed by atoms with Crippen LogP contribution in [0.2, 0.25) is 0 Å². The van der Waals surface area contributed by atoms with E-state index in [4.69, 9.17) is 0 Å². The van der Waals surface area contributed by atoms with Crippen LogP contribution in [0.3, 0.4) is 0 Å². The number of thioether (sulfide) groups is 1. The van der Waals surface area contributed by atoms with Gasteiger partial charge in [0.2, 0.25) is 5.91 Å². The molecule has 0 radical (unpaired) electrons. The highest BCUT2D eigenvalue weighted by atomic mass is 32.2. The van der Waals surface area contributed by atoms with Crippen molar-refractivity contribution in [3.63, 3.8) is 0 Å². The molecule has 0 saturated carbocycles. The maximum atomic E-state index is 12.4. The number of amides is 1. The van der Waals surface area contributed by atoms with Crippen molar-refractivity contribution in [1.29, 1.82) is 0 Å². The van der Waals surface area contributed by atoms with E-state index < -0.39 is 0 Å². The van der Waals surface area contributed by atoms with Crippen molar-refractivity contribution in [2.24, 2.45) is 11.8 Å². The van der Waals surface area contributed by atoms with Gasteiger partial charge in [-0.15, -0.1) is 11.8 Å². The molecule has 3 nitrogen and oxygen atoms in total. The van der Waals surface area contributed by atoms with Crippen LogP contribution in [0.25, 0.3) is 0 Å². The van der Waals surface area contributed by atoms with Gasteiger partial charge in [0.15, 0.2) is 0 Å². The number of nitrogens with one attached hydrogen (secondary N) is 2. The Balaban J connectivity index is 1.91. The van der Waals surface area contributed by atoms with Crippen LogP contribution < -0.4 is 10.6 Å². The number of carbonyl (C=O) groups excluding carboxylic acids is 1. The summed E-state index contributed by atoms with van der Waals surface area (Å²) < 4.78 is 0. The molecule has 2 atom stereocenters. The first kappa shape index (κ1) is 17.4. The Bertz CT molecular complexity index is 484. The summed E-state index contributed by atoms with van der Waals surface area (Å²) in [6.07, 6.45) is 3.07. The molecule has 1 heterocycles. The van der Waals surface area contributed by atoms with E-state index in [1.165, 1.54) is 12.8 Å². The normalized spacial score (nSPS) is 19.9. The molecule has 2 unspecified atom stereocenters. The summed E-state index contributed by atoms with van der Waals surface area (Å²) in [6, 6.07) is 8.08. The van der Waals surface area contributed by atoms with E-state index in [0.717, 1.165) is 23.7 Å². The van der Waals surface area contributed by atoms with Crippen LogP contribution in [-0.2, 0) is 4.79 Å². The average molecular weight is 321 g/mol. The van der Waals surface area contributed by atoms with Gasteiger partial charge < -0.3 is 10.6 Å². The molecular formula is C18H28N2OS. The maximum Gasteiger partial charge on any atom is 0.224 e. The number of hydrogen-bond acceptors (Lipinski definition) is 3. The van der Waals surface area contributed by atoms with E-state index in [1.54, 1.807) is 11.8 Å². The first-order valence-corrected chi connectivity index (χ1v) is 9.20. The molecule has 0 spiro atoms. The summed E-state index contributed by atoms with van der Waals surface area (Å²) in [5, 5.41) is 7.04. The van der Waals surface area contributed by atoms with Gasteiger partial charge in [-0.3, -0.25) is 4.79 Å². The van der Waals surface area contributed by atoms with Gasteiger partial charge in [-0.05, 0) is 49.9 Å². The summed E-state index contributed by atoms with van der Waals surface area (Å²) in [5.41, 5.74) is 0.945. The van der Waals surface area contributed by atoms with Crippen molar-refractivity contribution in [3.8, 4) is 0 Å². The van der Waals surface area contributed by atoms with Crippen molar-refractivity contribution in [2.75, 3.05) is 18.4 Å². The van der Waals surface area contributed by atoms with Gasteiger partial charge in [-0.2, -0.15) is 0 Å². The van der Waals surface area contributed by atoms with Crippen molar-refractivity contribution < 1.29 is 4.79 Å². The minimum atomic E-state index is 0.134. The Morgan fingerprint density at radius 1 is 1.36 bits per heavy atom. The molecule has 2 rings (SSSR count). The van der Waals surface area contributed by atoms with Crippen LogP contribution >= 0.6 is 11.8 Å². The van der Waals surface area contributed by atoms with Crippen molar-refractivity contribution >= 4 is 23.4 Å². The molecule has 1 fully saturated rings. The van der Waals surface area contributed by atoms with Crippen molar-refractivity contribution in [3.05, 3.63) is 24.3 Å². The Hall–Kier alpha value is -1.00. The molecule has 0 aliphatic carbocycles. The third-order valence-electron chi connectivity index (χ3n) is 4.17. The van der Waals surface area contributed by atoms with Gasteiger partial charge in [0.25, 0.3) is 0 Å². The molecule has 1 aromatic rings. The highest BCUT2D eigenvalue weighted by Crippen LogP contribution is 2.30. The number of rotatable bonds is 6. The lowest BCUT2D eigenvalue weighted by Crippen LogP contribution is -2.34. The number of anilines is 1. The molecule has 0 aromatic heterocycles. The summed E-state index contributed by atoms with van der Waals surface area (Å²) in [7, 11) is 0. The zero-order valence-corrected chi connectivity index (χ0v) is 14.7. The number of piperidine rings is 1. The van der Waals surface area contributed by atoms with Crippen LogP contribution in [0.5, 0.6) is 0 Å². The fourth-order valence-electron chi connectivity index (χ4n) is 2.95. The minimum absolute atomic E-state index is 0.134. The Morgan fingerprint density at radius 3 is 2.82 bits per heavy atom. The van der Waals surface area contributed by atoms with Crippen LogP contribution in [-0.4, -0.2) is 24.2 Å². The monoisotopic (exact) mass is 320 g/mol. The highest BCUT2D eigenvalue weighted by Gasteiger charge is 2.22. The molecule has 1 aliphatic heterocycles. The first-order valence-electron chi connectivity index (χ1n) is 8.32. The van der Waals surface area contributed by atoms with Crippen LogP contribution in [0.4, 0.5) is 5.69 Å². The van der Waals surface area contributed by atoms with Gasteiger partial charge in [0.1, 0.15) is 0 Å². The molecule has 1 saturated heterocycles. The van der Waals surface area contributed by atoms with Gasteiger partial charge in [0, 0.05) is 16.6 Å². The zero-order chi connectivity index (χ0) is 15.9. The van der Waals surface area contributed by atoms with E-state index in [2.05, 4.69) is 37.5 Å². The second-order valence-electron chi connectivity index (χ2n) is 6.50. The van der Waals surface area contributed by atoms with E-state index in [-0.39, 0.29) is 5.91 Å². The molecule has 1 aliphatic rings. The lowest BCUT2D eigenvalue weighted by molar-refractivity contribution is -0.117.